The van der Waals surface area contributed by atoms with E-state index < -0.39 is 28.3 Å². The Hall–Kier alpha value is -4.82. The molecule has 0 radical (unpaired) electrons. The number of benzene rings is 3. The monoisotopic (exact) mass is 661 g/mol. The number of carbonyl (C=O) groups excluding carboxylic acids is 3. The van der Waals surface area contributed by atoms with E-state index in [0.29, 0.717) is 0 Å². The Morgan fingerprint density at radius 1 is 0.581 bits per heavy atom. The zero-order valence-electron chi connectivity index (χ0n) is 21.8. The highest BCUT2D eigenvalue weighted by Crippen LogP contribution is 2.11. The molecule has 0 saturated heterocycles. The molecule has 0 unspecified atom stereocenters. The largest absolute Gasteiger partial charge is 0.664 e. The third kappa shape index (κ3) is 27.1. The number of nitrogens with two attached hydrogens (primary N) is 3. The van der Waals surface area contributed by atoms with Crippen LogP contribution in [0.15, 0.2) is 72.8 Å². The Bertz CT molecular complexity index is 1260. The molecule has 0 aliphatic heterocycles. The van der Waals surface area contributed by atoms with E-state index in [-0.39, 0.29) is 36.6 Å². The van der Waals surface area contributed by atoms with Crippen molar-refractivity contribution in [3.63, 3.8) is 0 Å². The van der Waals surface area contributed by atoms with Crippen LogP contribution in [0.1, 0.15) is 16.7 Å². The third-order valence-corrected chi connectivity index (χ3v) is 4.09. The van der Waals surface area contributed by atoms with Gasteiger partial charge < -0.3 is 37.5 Å². The minimum Gasteiger partial charge on any atom is -0.664 e. The Kier molecular flexibility index (Phi) is 27.1. The third-order valence-electron chi connectivity index (χ3n) is 4.09. The van der Waals surface area contributed by atoms with Gasteiger partial charge in [-0.1, -0.05) is 36.4 Å². The van der Waals surface area contributed by atoms with Gasteiger partial charge in [0.05, 0.1) is 19.3 Å². The van der Waals surface area contributed by atoms with E-state index in [1.807, 2.05) is 0 Å². The number of rotatable bonds is 8. The topological polar surface area (TPSA) is 279 Å². The lowest BCUT2D eigenvalue weighted by Gasteiger charge is -2.07. The van der Waals surface area contributed by atoms with Crippen molar-refractivity contribution in [1.29, 1.82) is 0 Å². The van der Waals surface area contributed by atoms with Gasteiger partial charge in [0, 0.05) is 0 Å². The summed E-state index contributed by atoms with van der Waals surface area (Å²) in [5.41, 5.74) is 17.1. The summed E-state index contributed by atoms with van der Waals surface area (Å²) >= 11 is 5.67. The van der Waals surface area contributed by atoms with Gasteiger partial charge >= 0.3 is 10.6 Å². The fourth-order valence-corrected chi connectivity index (χ4v) is 2.53. The highest BCUT2D eigenvalue weighted by molar-refractivity contribution is 7.59. The smallest absolute Gasteiger partial charge is 0.425 e. The van der Waals surface area contributed by atoms with Crippen LogP contribution in [0.3, 0.4) is 0 Å². The highest BCUT2D eigenvalue weighted by Gasteiger charge is 1.99. The SMILES string of the molecule is NC(=O)Cc1ccc(F)cc1.NC(=O)Cc1ccc(O[O-])cc1.NC(=O)Cc1ccc(O[O-])cc1.O=S.O=S.O=S(=O)=O. The zero-order chi connectivity index (χ0) is 33.8. The highest BCUT2D eigenvalue weighted by atomic mass is 32.2. The quantitative estimate of drug-likeness (QED) is 0.172. The number of amides is 3. The lowest BCUT2D eigenvalue weighted by molar-refractivity contribution is -0.635. The molecule has 3 aromatic rings. The van der Waals surface area contributed by atoms with E-state index in [1.165, 1.54) is 36.4 Å². The first kappa shape index (κ1) is 42.6. The van der Waals surface area contributed by atoms with Crippen LogP contribution in [0, 0.1) is 5.82 Å². The molecule has 19 heteroatoms. The maximum atomic E-state index is 12.3. The van der Waals surface area contributed by atoms with Crippen LogP contribution in [0.4, 0.5) is 4.39 Å². The zero-order valence-corrected chi connectivity index (χ0v) is 24.2. The van der Waals surface area contributed by atoms with E-state index >= 15 is 0 Å². The van der Waals surface area contributed by atoms with Crippen molar-refractivity contribution in [3.05, 3.63) is 95.3 Å². The normalized spacial score (nSPS) is 8.44. The molecule has 0 aromatic heterocycles. The van der Waals surface area contributed by atoms with Crippen molar-refractivity contribution in [2.45, 2.75) is 19.3 Å². The predicted octanol–water partition coefficient (Wildman–Crippen LogP) is -2.09. The van der Waals surface area contributed by atoms with Crippen LogP contribution in [-0.4, -0.2) is 38.8 Å². The summed E-state index contributed by atoms with van der Waals surface area (Å²) in [4.78, 5) is 38.7. The molecular formula is C24H24FN3O12S3-2. The van der Waals surface area contributed by atoms with Gasteiger partial charge in [0.1, 0.15) is 17.3 Å². The number of halogens is 1. The molecule has 0 aliphatic carbocycles. The first-order valence-electron chi connectivity index (χ1n) is 10.8. The summed E-state index contributed by atoms with van der Waals surface area (Å²) in [5.74, 6) is -1.06. The van der Waals surface area contributed by atoms with Crippen molar-refractivity contribution >= 4 is 53.4 Å². The lowest BCUT2D eigenvalue weighted by atomic mass is 10.1. The summed E-state index contributed by atoms with van der Waals surface area (Å²) in [6.07, 6.45) is 0.526. The molecule has 0 spiro atoms. The van der Waals surface area contributed by atoms with Crippen LogP contribution in [-0.2, 0) is 69.3 Å². The predicted molar refractivity (Wildman–Crippen MR) is 145 cm³/mol. The molecule has 6 N–H and O–H groups in total. The van der Waals surface area contributed by atoms with Crippen molar-refractivity contribution in [2.24, 2.45) is 17.2 Å². The van der Waals surface area contributed by atoms with Gasteiger partial charge in [0.2, 0.25) is 17.7 Å². The summed E-state index contributed by atoms with van der Waals surface area (Å²) in [6.45, 7) is 0. The average molecular weight is 662 g/mol. The second-order valence-electron chi connectivity index (χ2n) is 7.21. The summed E-state index contributed by atoms with van der Waals surface area (Å²) < 4.78 is 53.3. The van der Waals surface area contributed by atoms with Crippen LogP contribution in [0.5, 0.6) is 11.5 Å². The molecule has 0 fully saturated rings. The summed E-state index contributed by atoms with van der Waals surface area (Å²) in [6, 6.07) is 18.1. The van der Waals surface area contributed by atoms with E-state index in [0.717, 1.165) is 16.7 Å². The molecule has 0 bridgehead atoms. The molecule has 3 aromatic carbocycles. The number of hydrogen-bond donors (Lipinski definition) is 3. The second kappa shape index (κ2) is 27.4. The van der Waals surface area contributed by atoms with Crippen LogP contribution in [0.25, 0.3) is 0 Å². The first-order valence-corrected chi connectivity index (χ1v) is 12.5. The van der Waals surface area contributed by atoms with Gasteiger partial charge in [0.25, 0.3) is 0 Å². The maximum Gasteiger partial charge on any atom is 0.425 e. The van der Waals surface area contributed by atoms with Crippen molar-refractivity contribution in [3.8, 4) is 11.5 Å². The molecule has 0 saturated carbocycles. The second-order valence-corrected chi connectivity index (χ2v) is 7.62. The van der Waals surface area contributed by atoms with E-state index in [4.69, 9.17) is 38.2 Å². The minimum atomic E-state index is -3.11. The summed E-state index contributed by atoms with van der Waals surface area (Å²) in [7, 11) is -3.11. The van der Waals surface area contributed by atoms with Crippen molar-refractivity contribution in [1.82, 2.24) is 0 Å². The molecule has 0 heterocycles. The number of carbonyl (C=O) groups is 3. The van der Waals surface area contributed by atoms with Gasteiger partial charge in [-0.2, -0.15) is 8.42 Å². The van der Waals surface area contributed by atoms with Gasteiger partial charge in [0.15, 0.2) is 25.1 Å². The maximum absolute atomic E-state index is 12.3. The van der Waals surface area contributed by atoms with Crippen molar-refractivity contribution < 1.29 is 60.1 Å². The summed E-state index contributed by atoms with van der Waals surface area (Å²) in [5, 5.41) is 19.7. The van der Waals surface area contributed by atoms with E-state index in [2.05, 4.69) is 34.8 Å². The molecule has 0 aliphatic rings. The minimum absolute atomic E-state index is 0.167. The molecule has 3 rings (SSSR count). The molecule has 43 heavy (non-hydrogen) atoms. The molecule has 3 amide bonds. The Morgan fingerprint density at radius 3 is 0.977 bits per heavy atom. The van der Waals surface area contributed by atoms with Crippen molar-refractivity contribution in [2.75, 3.05) is 0 Å². The Balaban J connectivity index is -0.000000497. The molecular weight excluding hydrogens is 637 g/mol. The van der Waals surface area contributed by atoms with E-state index in [9.17, 15) is 29.3 Å². The standard InChI is InChI=1S/C8H8FNO.2C8H9NO3.O3S.2OS/c9-7-3-1-6(2-4-7)5-8(10)11;2*9-8(10)5-6-1-3-7(12-11)4-2-6;1-4(2)3;2*1-2/h1-4H,5H2,(H2,10,11);2*1-4,11H,5H2,(H2,9,10);;;/p-2. The molecule has 0 atom stereocenters. The molecule has 234 valence electrons. The molecule has 15 nitrogen and oxygen atoms in total. The average Bonchev–Trinajstić information content (AvgIpc) is 2.97. The fraction of sp³-hybridized carbons (Fsp3) is 0.125. The van der Waals surface area contributed by atoms with Crippen LogP contribution >= 0.6 is 0 Å². The lowest BCUT2D eigenvalue weighted by Crippen LogP contribution is -2.13. The Labute approximate surface area is 256 Å². The first-order chi connectivity index (χ1) is 20.4. The van der Waals surface area contributed by atoms with Gasteiger partial charge in [-0.25, -0.2) is 4.39 Å². The van der Waals surface area contributed by atoms with Crippen LogP contribution in [0.2, 0.25) is 0 Å². The number of hydrogen-bond acceptors (Lipinski definition) is 14. The van der Waals surface area contributed by atoms with Crippen LogP contribution < -0.4 is 37.5 Å². The number of primary amides is 3. The van der Waals surface area contributed by atoms with E-state index in [1.54, 1.807) is 36.4 Å². The van der Waals surface area contributed by atoms with Gasteiger partial charge in [-0.05, 0) is 53.1 Å². The van der Waals surface area contributed by atoms with Gasteiger partial charge in [-0.15, -0.1) is 12.6 Å². The van der Waals surface area contributed by atoms with Gasteiger partial charge in [-0.3, -0.25) is 14.4 Å². The Morgan fingerprint density at radius 2 is 0.791 bits per heavy atom. The fourth-order valence-electron chi connectivity index (χ4n) is 2.53.